The van der Waals surface area contributed by atoms with Crippen molar-refractivity contribution in [3.05, 3.63) is 0 Å². The van der Waals surface area contributed by atoms with Gasteiger partial charge in [-0.3, -0.25) is 14.6 Å². The van der Waals surface area contributed by atoms with Gasteiger partial charge in [-0.2, -0.15) is 5.26 Å². The standard InChI is InChI=1S/C29H58N4O/c1-6-11-12-13-14-15-16-17-18-19-20-21-22-23-24-25-28(34)31-29(26-27-30,32(7-2)8-3)33(9-4)10-5/h6-26H2,1-5H3,(H,31,34). The number of amides is 1. The van der Waals surface area contributed by atoms with Crippen molar-refractivity contribution < 1.29 is 4.79 Å². The molecule has 0 heterocycles. The van der Waals surface area contributed by atoms with Crippen LogP contribution in [0, 0.1) is 11.3 Å². The van der Waals surface area contributed by atoms with E-state index >= 15 is 0 Å². The van der Waals surface area contributed by atoms with Crippen LogP contribution >= 0.6 is 0 Å². The molecule has 0 aromatic rings. The fraction of sp³-hybridized carbons (Fsp3) is 0.931. The van der Waals surface area contributed by atoms with Gasteiger partial charge in [0, 0.05) is 6.42 Å². The third-order valence-electron chi connectivity index (χ3n) is 7.25. The zero-order chi connectivity index (χ0) is 25.5. The molecule has 0 aromatic heterocycles. The van der Waals surface area contributed by atoms with Crippen LogP contribution in [0.5, 0.6) is 0 Å². The van der Waals surface area contributed by atoms with E-state index in [0.29, 0.717) is 6.42 Å². The lowest BCUT2D eigenvalue weighted by molar-refractivity contribution is -0.136. The van der Waals surface area contributed by atoms with E-state index in [9.17, 15) is 10.1 Å². The maximum Gasteiger partial charge on any atom is 0.222 e. The van der Waals surface area contributed by atoms with Gasteiger partial charge in [0.15, 0.2) is 5.79 Å². The summed E-state index contributed by atoms with van der Waals surface area (Å²) in [6.07, 6.45) is 20.7. The molecule has 0 aliphatic heterocycles. The molecule has 0 aromatic carbocycles. The molecule has 0 saturated carbocycles. The predicted octanol–water partition coefficient (Wildman–Crippen LogP) is 7.62. The van der Waals surface area contributed by atoms with Crippen molar-refractivity contribution in [1.29, 1.82) is 5.26 Å². The number of nitriles is 1. The quantitative estimate of drug-likeness (QED) is 0.114. The molecule has 0 aliphatic rings. The van der Waals surface area contributed by atoms with Gasteiger partial charge in [0.1, 0.15) is 0 Å². The maximum absolute atomic E-state index is 12.9. The minimum Gasteiger partial charge on any atom is -0.324 e. The van der Waals surface area contributed by atoms with Crippen molar-refractivity contribution in [3.63, 3.8) is 0 Å². The highest BCUT2D eigenvalue weighted by Crippen LogP contribution is 2.22. The number of hydrogen-bond donors (Lipinski definition) is 1. The van der Waals surface area contributed by atoms with Crippen LogP contribution in [-0.2, 0) is 4.79 Å². The molecule has 1 amide bonds. The number of carbonyl (C=O) groups is 1. The van der Waals surface area contributed by atoms with Crippen LogP contribution in [0.4, 0.5) is 0 Å². The molecule has 0 aliphatic carbocycles. The first-order valence-electron chi connectivity index (χ1n) is 14.7. The Morgan fingerprint density at radius 3 is 1.32 bits per heavy atom. The minimum absolute atomic E-state index is 0.0729. The molecule has 5 heteroatoms. The summed E-state index contributed by atoms with van der Waals surface area (Å²) >= 11 is 0. The summed E-state index contributed by atoms with van der Waals surface area (Å²) in [7, 11) is 0. The number of hydrogen-bond acceptors (Lipinski definition) is 4. The monoisotopic (exact) mass is 478 g/mol. The highest BCUT2D eigenvalue weighted by molar-refractivity contribution is 5.76. The Labute approximate surface area is 213 Å². The molecule has 200 valence electrons. The second-order valence-electron chi connectivity index (χ2n) is 9.74. The van der Waals surface area contributed by atoms with Gasteiger partial charge < -0.3 is 5.32 Å². The van der Waals surface area contributed by atoms with Gasteiger partial charge in [0.05, 0.1) is 12.5 Å². The van der Waals surface area contributed by atoms with E-state index < -0.39 is 5.79 Å². The Balaban J connectivity index is 4.11. The molecule has 34 heavy (non-hydrogen) atoms. The van der Waals surface area contributed by atoms with Gasteiger partial charge in [0.25, 0.3) is 0 Å². The first-order valence-corrected chi connectivity index (χ1v) is 14.7. The highest BCUT2D eigenvalue weighted by atomic mass is 16.2. The topological polar surface area (TPSA) is 59.4 Å². The van der Waals surface area contributed by atoms with Crippen LogP contribution < -0.4 is 5.32 Å². The summed E-state index contributed by atoms with van der Waals surface area (Å²) in [6.45, 7) is 13.9. The fourth-order valence-electron chi connectivity index (χ4n) is 5.17. The van der Waals surface area contributed by atoms with Gasteiger partial charge >= 0.3 is 0 Å². The Morgan fingerprint density at radius 2 is 1.00 bits per heavy atom. The zero-order valence-corrected chi connectivity index (χ0v) is 23.6. The van der Waals surface area contributed by atoms with Crippen molar-refractivity contribution in [2.75, 3.05) is 26.2 Å². The minimum atomic E-state index is -0.700. The summed E-state index contributed by atoms with van der Waals surface area (Å²) < 4.78 is 0. The average molecular weight is 479 g/mol. The molecule has 0 radical (unpaired) electrons. The third-order valence-corrected chi connectivity index (χ3v) is 7.25. The van der Waals surface area contributed by atoms with Crippen LogP contribution in [-0.4, -0.2) is 47.7 Å². The van der Waals surface area contributed by atoms with E-state index in [0.717, 1.165) is 39.0 Å². The van der Waals surface area contributed by atoms with Crippen molar-refractivity contribution in [1.82, 2.24) is 15.1 Å². The molecule has 0 atom stereocenters. The number of nitrogens with one attached hydrogen (secondary N) is 1. The molecule has 0 bridgehead atoms. The van der Waals surface area contributed by atoms with E-state index in [1.807, 2.05) is 0 Å². The van der Waals surface area contributed by atoms with Crippen LogP contribution in [0.3, 0.4) is 0 Å². The summed E-state index contributed by atoms with van der Waals surface area (Å²) in [5.41, 5.74) is 0. The Kier molecular flexibility index (Phi) is 21.6. The first-order chi connectivity index (χ1) is 16.6. The van der Waals surface area contributed by atoms with Crippen LogP contribution in [0.15, 0.2) is 0 Å². The van der Waals surface area contributed by atoms with E-state index in [1.54, 1.807) is 0 Å². The van der Waals surface area contributed by atoms with E-state index in [1.165, 1.54) is 83.5 Å². The molecule has 0 unspecified atom stereocenters. The van der Waals surface area contributed by atoms with Crippen molar-refractivity contribution in [2.24, 2.45) is 0 Å². The lowest BCUT2D eigenvalue weighted by atomic mass is 10.0. The summed E-state index contributed by atoms with van der Waals surface area (Å²) in [5, 5.41) is 12.8. The maximum atomic E-state index is 12.9. The number of carbonyl (C=O) groups excluding carboxylic acids is 1. The van der Waals surface area contributed by atoms with Gasteiger partial charge in [-0.1, -0.05) is 125 Å². The van der Waals surface area contributed by atoms with Crippen LogP contribution in [0.1, 0.15) is 144 Å². The average Bonchev–Trinajstić information content (AvgIpc) is 2.83. The lowest BCUT2D eigenvalue weighted by Gasteiger charge is -2.49. The Morgan fingerprint density at radius 1 is 0.647 bits per heavy atom. The molecular formula is C29H58N4O. The normalized spacial score (nSPS) is 11.8. The zero-order valence-electron chi connectivity index (χ0n) is 23.6. The van der Waals surface area contributed by atoms with Crippen molar-refractivity contribution in [3.8, 4) is 6.07 Å². The predicted molar refractivity (Wildman–Crippen MR) is 146 cm³/mol. The molecule has 0 rings (SSSR count). The summed E-state index contributed by atoms with van der Waals surface area (Å²) in [6, 6.07) is 2.34. The van der Waals surface area contributed by atoms with E-state index in [4.69, 9.17) is 0 Å². The highest BCUT2D eigenvalue weighted by Gasteiger charge is 2.41. The second kappa shape index (κ2) is 22.4. The molecule has 1 N–H and O–H groups in total. The fourth-order valence-corrected chi connectivity index (χ4v) is 5.17. The van der Waals surface area contributed by atoms with Crippen molar-refractivity contribution in [2.45, 2.75) is 150 Å². The van der Waals surface area contributed by atoms with E-state index in [2.05, 4.69) is 55.8 Å². The molecule has 0 spiro atoms. The smallest absolute Gasteiger partial charge is 0.222 e. The third kappa shape index (κ3) is 13.7. The largest absolute Gasteiger partial charge is 0.324 e. The molecule has 0 saturated heterocycles. The Hall–Kier alpha value is -1.12. The number of unbranched alkanes of at least 4 members (excludes halogenated alkanes) is 14. The first kappa shape index (κ1) is 32.9. The van der Waals surface area contributed by atoms with Gasteiger partial charge in [-0.15, -0.1) is 0 Å². The van der Waals surface area contributed by atoms with Gasteiger partial charge in [-0.05, 0) is 32.6 Å². The Bertz CT molecular complexity index is 497. The molecule has 0 fully saturated rings. The van der Waals surface area contributed by atoms with Gasteiger partial charge in [-0.25, -0.2) is 0 Å². The number of rotatable bonds is 24. The number of nitrogens with zero attached hydrogens (tertiary/aromatic N) is 3. The molecular weight excluding hydrogens is 420 g/mol. The lowest BCUT2D eigenvalue weighted by Crippen LogP contribution is -2.69. The van der Waals surface area contributed by atoms with Crippen molar-refractivity contribution >= 4 is 5.91 Å². The molecule has 5 nitrogen and oxygen atoms in total. The van der Waals surface area contributed by atoms with Crippen LogP contribution in [0.25, 0.3) is 0 Å². The van der Waals surface area contributed by atoms with E-state index in [-0.39, 0.29) is 12.3 Å². The van der Waals surface area contributed by atoms with Crippen LogP contribution in [0.2, 0.25) is 0 Å². The summed E-state index contributed by atoms with van der Waals surface area (Å²) in [5.74, 6) is -0.627. The van der Waals surface area contributed by atoms with Gasteiger partial charge in [0.2, 0.25) is 5.91 Å². The second-order valence-corrected chi connectivity index (χ2v) is 9.74. The SMILES string of the molecule is CCCCCCCCCCCCCCCCCC(=O)NC(CC#N)(N(CC)CC)N(CC)CC. The summed E-state index contributed by atoms with van der Waals surface area (Å²) in [4.78, 5) is 17.3.